The van der Waals surface area contributed by atoms with E-state index in [0.29, 0.717) is 12.1 Å². The van der Waals surface area contributed by atoms with Gasteiger partial charge < -0.3 is 20.8 Å². The molecule has 5 nitrogen and oxygen atoms in total. The van der Waals surface area contributed by atoms with Gasteiger partial charge in [0.2, 0.25) is 0 Å². The average molecular weight is 323 g/mol. The molecule has 0 aliphatic carbocycles. The van der Waals surface area contributed by atoms with Crippen LogP contribution in [0.1, 0.15) is 27.0 Å². The summed E-state index contributed by atoms with van der Waals surface area (Å²) in [6, 6.07) is 11.7. The summed E-state index contributed by atoms with van der Waals surface area (Å²) in [4.78, 5) is 14.7. The van der Waals surface area contributed by atoms with E-state index in [1.165, 1.54) is 5.56 Å². The molecule has 124 valence electrons. The Morgan fingerprint density at radius 3 is 2.58 bits per heavy atom. The summed E-state index contributed by atoms with van der Waals surface area (Å²) in [5.41, 5.74) is 10.2. The van der Waals surface area contributed by atoms with Crippen LogP contribution >= 0.6 is 0 Å². The molecule has 0 spiro atoms. The molecule has 0 radical (unpaired) electrons. The van der Waals surface area contributed by atoms with Crippen LogP contribution in [0.3, 0.4) is 0 Å². The van der Waals surface area contributed by atoms with Gasteiger partial charge in [0, 0.05) is 24.7 Å². The van der Waals surface area contributed by atoms with Crippen LogP contribution in [0.4, 0.5) is 0 Å². The zero-order valence-corrected chi connectivity index (χ0v) is 13.8. The Balaban J connectivity index is 1.75. The van der Waals surface area contributed by atoms with Crippen molar-refractivity contribution < 1.29 is 9.53 Å². The number of carbonyl (C=O) groups excluding carboxylic acids is 1. The third-order valence-electron chi connectivity index (χ3n) is 4.19. The smallest absolute Gasteiger partial charge is 0.250 e. The van der Waals surface area contributed by atoms with E-state index >= 15 is 0 Å². The molecule has 0 unspecified atom stereocenters. The van der Waals surface area contributed by atoms with Crippen molar-refractivity contribution in [2.75, 3.05) is 7.11 Å². The molecule has 0 saturated carbocycles. The number of nitrogens with two attached hydrogens (primary N) is 1. The lowest BCUT2D eigenvalue weighted by Crippen LogP contribution is -2.13. The average Bonchev–Trinajstić information content (AvgIpc) is 3.00. The molecule has 24 heavy (non-hydrogen) atoms. The summed E-state index contributed by atoms with van der Waals surface area (Å²) >= 11 is 0. The normalized spacial score (nSPS) is 10.9. The maximum Gasteiger partial charge on any atom is 0.250 e. The Morgan fingerprint density at radius 2 is 1.92 bits per heavy atom. The first-order chi connectivity index (χ1) is 11.6. The zero-order chi connectivity index (χ0) is 17.1. The highest BCUT2D eigenvalue weighted by Gasteiger charge is 2.13. The molecule has 3 rings (SSSR count). The number of primary amides is 1. The van der Waals surface area contributed by atoms with Gasteiger partial charge in [-0.3, -0.25) is 4.79 Å². The highest BCUT2D eigenvalue weighted by molar-refractivity contribution is 6.06. The van der Waals surface area contributed by atoms with Gasteiger partial charge in [0.25, 0.3) is 5.91 Å². The summed E-state index contributed by atoms with van der Waals surface area (Å²) in [5.74, 6) is 0.435. The Hall–Kier alpha value is -2.79. The van der Waals surface area contributed by atoms with Gasteiger partial charge in [0.1, 0.15) is 5.75 Å². The first-order valence-electron chi connectivity index (χ1n) is 7.83. The number of rotatable bonds is 6. The van der Waals surface area contributed by atoms with Crippen LogP contribution < -0.4 is 15.8 Å². The standard InChI is InChI=1S/C19H21N3O2/c1-12-3-8-16(19(20)23)18-17(12)14(11-22-18)10-21-9-13-4-6-15(24-2)7-5-13/h3-8,11,21-22H,9-10H2,1-2H3,(H2,20,23). The number of hydrogen-bond donors (Lipinski definition) is 3. The van der Waals surface area contributed by atoms with Crippen LogP contribution in [0, 0.1) is 6.92 Å². The minimum absolute atomic E-state index is 0.417. The molecule has 4 N–H and O–H groups in total. The molecule has 0 atom stereocenters. The Bertz CT molecular complexity index is 866. The number of aryl methyl sites for hydroxylation is 1. The number of aromatic amines is 1. The minimum Gasteiger partial charge on any atom is -0.497 e. The van der Waals surface area contributed by atoms with E-state index in [1.54, 1.807) is 13.2 Å². The van der Waals surface area contributed by atoms with E-state index in [9.17, 15) is 4.79 Å². The summed E-state index contributed by atoms with van der Waals surface area (Å²) in [6.45, 7) is 3.49. The van der Waals surface area contributed by atoms with Gasteiger partial charge in [-0.1, -0.05) is 18.2 Å². The summed E-state index contributed by atoms with van der Waals surface area (Å²) in [5, 5.41) is 4.50. The molecule has 2 aromatic carbocycles. The predicted octanol–water partition coefficient (Wildman–Crippen LogP) is 2.87. The van der Waals surface area contributed by atoms with Crippen LogP contribution in [0.15, 0.2) is 42.6 Å². The van der Waals surface area contributed by atoms with Crippen LogP contribution in [-0.2, 0) is 13.1 Å². The van der Waals surface area contributed by atoms with Crippen molar-refractivity contribution in [3.63, 3.8) is 0 Å². The van der Waals surface area contributed by atoms with Crippen molar-refractivity contribution in [1.82, 2.24) is 10.3 Å². The number of ether oxygens (including phenoxy) is 1. The molecule has 0 aliphatic heterocycles. The quantitative estimate of drug-likeness (QED) is 0.652. The Kier molecular flexibility index (Phi) is 4.53. The molecule has 0 bridgehead atoms. The first kappa shape index (κ1) is 16.1. The van der Waals surface area contributed by atoms with Gasteiger partial charge in [0.15, 0.2) is 0 Å². The lowest BCUT2D eigenvalue weighted by Gasteiger charge is -2.07. The zero-order valence-electron chi connectivity index (χ0n) is 13.8. The second kappa shape index (κ2) is 6.76. The van der Waals surface area contributed by atoms with Crippen molar-refractivity contribution in [2.24, 2.45) is 5.73 Å². The van der Waals surface area contributed by atoms with E-state index in [1.807, 2.05) is 43.5 Å². The Morgan fingerprint density at radius 1 is 1.17 bits per heavy atom. The number of aromatic nitrogens is 1. The number of benzene rings is 2. The fourth-order valence-corrected chi connectivity index (χ4v) is 2.93. The van der Waals surface area contributed by atoms with E-state index in [2.05, 4.69) is 10.3 Å². The second-order valence-electron chi connectivity index (χ2n) is 5.81. The summed E-state index contributed by atoms with van der Waals surface area (Å²) in [7, 11) is 1.66. The van der Waals surface area contributed by atoms with Gasteiger partial charge in [-0.05, 0) is 41.8 Å². The predicted molar refractivity (Wildman–Crippen MR) is 95.1 cm³/mol. The third-order valence-corrected chi connectivity index (χ3v) is 4.19. The number of carbonyl (C=O) groups is 1. The molecule has 3 aromatic rings. The number of methoxy groups -OCH3 is 1. The van der Waals surface area contributed by atoms with Gasteiger partial charge in [-0.2, -0.15) is 0 Å². The Labute approximate surface area is 140 Å². The first-order valence-corrected chi connectivity index (χ1v) is 7.83. The largest absolute Gasteiger partial charge is 0.497 e. The molecule has 1 amide bonds. The van der Waals surface area contributed by atoms with Crippen LogP contribution in [-0.4, -0.2) is 18.0 Å². The van der Waals surface area contributed by atoms with E-state index in [4.69, 9.17) is 10.5 Å². The topological polar surface area (TPSA) is 80.1 Å². The van der Waals surface area contributed by atoms with Crippen molar-refractivity contribution in [2.45, 2.75) is 20.0 Å². The number of amides is 1. The molecule has 0 fully saturated rings. The third kappa shape index (κ3) is 3.12. The lowest BCUT2D eigenvalue weighted by atomic mass is 10.0. The molecule has 1 aromatic heterocycles. The van der Waals surface area contributed by atoms with Crippen LogP contribution in [0.25, 0.3) is 10.9 Å². The van der Waals surface area contributed by atoms with Crippen molar-refractivity contribution in [3.05, 3.63) is 64.8 Å². The summed E-state index contributed by atoms with van der Waals surface area (Å²) < 4.78 is 5.16. The fraction of sp³-hybridized carbons (Fsp3) is 0.211. The summed E-state index contributed by atoms with van der Waals surface area (Å²) in [6.07, 6.45) is 1.94. The van der Waals surface area contributed by atoms with Crippen molar-refractivity contribution in [1.29, 1.82) is 0 Å². The maximum absolute atomic E-state index is 11.6. The van der Waals surface area contributed by atoms with E-state index in [0.717, 1.165) is 34.3 Å². The van der Waals surface area contributed by atoms with Crippen molar-refractivity contribution >= 4 is 16.8 Å². The highest BCUT2D eigenvalue weighted by Crippen LogP contribution is 2.25. The SMILES string of the molecule is COc1ccc(CNCc2c[nH]c3c(C(N)=O)ccc(C)c23)cc1. The molecule has 5 heteroatoms. The minimum atomic E-state index is -0.417. The van der Waals surface area contributed by atoms with Crippen molar-refractivity contribution in [3.8, 4) is 5.75 Å². The second-order valence-corrected chi connectivity index (χ2v) is 5.81. The van der Waals surface area contributed by atoms with Crippen LogP contribution in [0.2, 0.25) is 0 Å². The van der Waals surface area contributed by atoms with Crippen LogP contribution in [0.5, 0.6) is 5.75 Å². The van der Waals surface area contributed by atoms with Gasteiger partial charge in [-0.15, -0.1) is 0 Å². The number of fused-ring (bicyclic) bond motifs is 1. The number of H-pyrrole nitrogens is 1. The number of hydrogen-bond acceptors (Lipinski definition) is 3. The van der Waals surface area contributed by atoms with Gasteiger partial charge in [-0.25, -0.2) is 0 Å². The molecule has 1 heterocycles. The fourth-order valence-electron chi connectivity index (χ4n) is 2.93. The molecule has 0 saturated heterocycles. The lowest BCUT2D eigenvalue weighted by molar-refractivity contribution is 0.100. The highest BCUT2D eigenvalue weighted by atomic mass is 16.5. The molecule has 0 aliphatic rings. The van der Waals surface area contributed by atoms with E-state index < -0.39 is 5.91 Å². The van der Waals surface area contributed by atoms with Gasteiger partial charge >= 0.3 is 0 Å². The van der Waals surface area contributed by atoms with Gasteiger partial charge in [0.05, 0.1) is 18.2 Å². The number of nitrogens with one attached hydrogen (secondary N) is 2. The molecular weight excluding hydrogens is 302 g/mol. The molecular formula is C19H21N3O2. The monoisotopic (exact) mass is 323 g/mol. The van der Waals surface area contributed by atoms with E-state index in [-0.39, 0.29) is 0 Å². The maximum atomic E-state index is 11.6.